The molecule has 4 aromatic rings. The number of rotatable bonds is 3. The van der Waals surface area contributed by atoms with Gasteiger partial charge in [0.2, 0.25) is 0 Å². The first-order valence-electron chi connectivity index (χ1n) is 10.0. The summed E-state index contributed by atoms with van der Waals surface area (Å²) in [6, 6.07) is 8.10. The number of carbonyl (C=O) groups is 1. The van der Waals surface area contributed by atoms with Crippen LogP contribution < -0.4 is 0 Å². The number of nitrogens with zero attached hydrogens (tertiary/aromatic N) is 4. The van der Waals surface area contributed by atoms with Crippen molar-refractivity contribution >= 4 is 28.7 Å². The lowest BCUT2D eigenvalue weighted by atomic mass is 10.0. The topological polar surface area (TPSA) is 63.6 Å². The molecule has 0 unspecified atom stereocenters. The van der Waals surface area contributed by atoms with E-state index >= 15 is 0 Å². The molecule has 4 aromatic heterocycles. The monoisotopic (exact) mass is 472 g/mol. The molecular formula is C23H16ClF3N4O2. The Balaban J connectivity index is 1.52. The highest BCUT2D eigenvalue weighted by Gasteiger charge is 2.36. The van der Waals surface area contributed by atoms with Crippen LogP contribution in [-0.2, 0) is 6.18 Å². The summed E-state index contributed by atoms with van der Waals surface area (Å²) in [4.78, 5) is 23.0. The van der Waals surface area contributed by atoms with Gasteiger partial charge in [0, 0.05) is 36.6 Å². The summed E-state index contributed by atoms with van der Waals surface area (Å²) in [6.45, 7) is 0.652. The van der Waals surface area contributed by atoms with E-state index in [2.05, 4.69) is 9.97 Å². The van der Waals surface area contributed by atoms with Crippen LogP contribution in [0.5, 0.6) is 0 Å². The van der Waals surface area contributed by atoms with E-state index in [4.69, 9.17) is 16.0 Å². The predicted octanol–water partition coefficient (Wildman–Crippen LogP) is 5.59. The summed E-state index contributed by atoms with van der Waals surface area (Å²) in [7, 11) is 0. The molecule has 10 heteroatoms. The summed E-state index contributed by atoms with van der Waals surface area (Å²) >= 11 is 6.39. The Hall–Kier alpha value is -3.59. The molecule has 0 saturated carbocycles. The Morgan fingerprint density at radius 1 is 1.18 bits per heavy atom. The van der Waals surface area contributed by atoms with E-state index in [0.29, 0.717) is 18.5 Å². The third-order valence-electron chi connectivity index (χ3n) is 5.51. The molecule has 1 aliphatic rings. The van der Waals surface area contributed by atoms with Gasteiger partial charge >= 0.3 is 6.18 Å². The van der Waals surface area contributed by atoms with E-state index in [1.807, 2.05) is 24.3 Å². The maximum Gasteiger partial charge on any atom is 0.420 e. The van der Waals surface area contributed by atoms with Crippen LogP contribution in [0.15, 0.2) is 65.7 Å². The number of alkyl halides is 3. The second kappa shape index (κ2) is 8.08. The standard InChI is InChI=1S/C23H16ClF3N4O2/c24-20-19(22(32)30-8-4-14(5-9-30)18-3-1-2-7-28-18)29-21-17(23(25,26)27)11-16(12-31(20)21)15-6-10-33-13-15/h1-4,6-7,10-13H,5,8-9H2. The molecule has 0 spiro atoms. The number of fused-ring (bicyclic) bond motifs is 1. The molecule has 5 heterocycles. The van der Waals surface area contributed by atoms with Crippen molar-refractivity contribution in [3.05, 3.63) is 83.4 Å². The molecule has 0 fully saturated rings. The Bertz CT molecular complexity index is 1360. The maximum absolute atomic E-state index is 13.8. The summed E-state index contributed by atoms with van der Waals surface area (Å²) in [5, 5.41) is -0.176. The van der Waals surface area contributed by atoms with Gasteiger partial charge in [0.25, 0.3) is 5.91 Å². The van der Waals surface area contributed by atoms with Crippen LogP contribution >= 0.6 is 11.6 Å². The molecule has 0 N–H and O–H groups in total. The summed E-state index contributed by atoms with van der Waals surface area (Å²) in [5.74, 6) is -0.530. The number of halogens is 4. The molecule has 1 amide bonds. The zero-order valence-electron chi connectivity index (χ0n) is 17.0. The van der Waals surface area contributed by atoms with Gasteiger partial charge in [0.1, 0.15) is 5.15 Å². The fourth-order valence-corrected chi connectivity index (χ4v) is 4.09. The number of hydrogen-bond donors (Lipinski definition) is 0. The Morgan fingerprint density at radius 3 is 2.67 bits per heavy atom. The van der Waals surface area contributed by atoms with Crippen molar-refractivity contribution in [2.45, 2.75) is 12.6 Å². The van der Waals surface area contributed by atoms with Crippen LogP contribution in [0.1, 0.15) is 28.2 Å². The average molecular weight is 473 g/mol. The lowest BCUT2D eigenvalue weighted by molar-refractivity contribution is -0.136. The molecule has 168 valence electrons. The van der Waals surface area contributed by atoms with Gasteiger partial charge in [-0.15, -0.1) is 0 Å². The van der Waals surface area contributed by atoms with Gasteiger partial charge in [0.05, 0.1) is 23.8 Å². The number of pyridine rings is 2. The first kappa shape index (κ1) is 21.3. The largest absolute Gasteiger partial charge is 0.472 e. The van der Waals surface area contributed by atoms with E-state index in [1.165, 1.54) is 29.7 Å². The maximum atomic E-state index is 13.8. The molecule has 0 radical (unpaired) electrons. The van der Waals surface area contributed by atoms with Crippen molar-refractivity contribution < 1.29 is 22.4 Å². The van der Waals surface area contributed by atoms with E-state index < -0.39 is 23.3 Å². The number of imidazole rings is 1. The molecule has 0 saturated heterocycles. The van der Waals surface area contributed by atoms with Gasteiger partial charge in [-0.3, -0.25) is 14.2 Å². The molecule has 6 nitrogen and oxygen atoms in total. The van der Waals surface area contributed by atoms with Crippen molar-refractivity contribution in [2.75, 3.05) is 13.1 Å². The van der Waals surface area contributed by atoms with Crippen LogP contribution in [0.2, 0.25) is 5.15 Å². The van der Waals surface area contributed by atoms with Crippen molar-refractivity contribution in [1.82, 2.24) is 19.3 Å². The molecule has 0 atom stereocenters. The zero-order valence-corrected chi connectivity index (χ0v) is 17.8. The fourth-order valence-electron chi connectivity index (χ4n) is 3.84. The van der Waals surface area contributed by atoms with Gasteiger partial charge < -0.3 is 9.32 Å². The minimum atomic E-state index is -4.69. The molecule has 0 aliphatic carbocycles. The summed E-state index contributed by atoms with van der Waals surface area (Å²) in [6.07, 6.45) is 3.55. The van der Waals surface area contributed by atoms with Crippen molar-refractivity contribution in [3.63, 3.8) is 0 Å². The third kappa shape index (κ3) is 3.89. The Morgan fingerprint density at radius 2 is 2.03 bits per heavy atom. The van der Waals surface area contributed by atoms with Crippen molar-refractivity contribution in [2.24, 2.45) is 0 Å². The smallest absolute Gasteiger partial charge is 0.420 e. The molecule has 5 rings (SSSR count). The van der Waals surface area contributed by atoms with Gasteiger partial charge in [-0.2, -0.15) is 13.2 Å². The SMILES string of the molecule is O=C(c1nc2c(C(F)(F)F)cc(-c3ccoc3)cn2c1Cl)N1CC=C(c2ccccn2)CC1. The minimum absolute atomic E-state index is 0.176. The highest BCUT2D eigenvalue weighted by atomic mass is 35.5. The third-order valence-corrected chi connectivity index (χ3v) is 5.88. The number of furan rings is 1. The number of amides is 1. The lowest BCUT2D eigenvalue weighted by Crippen LogP contribution is -2.35. The molecule has 0 aromatic carbocycles. The second-order valence-corrected chi connectivity index (χ2v) is 7.90. The van der Waals surface area contributed by atoms with Gasteiger partial charge in [-0.25, -0.2) is 4.98 Å². The molecule has 33 heavy (non-hydrogen) atoms. The van der Waals surface area contributed by atoms with E-state index in [-0.39, 0.29) is 23.0 Å². The van der Waals surface area contributed by atoms with Gasteiger partial charge in [-0.1, -0.05) is 23.7 Å². The summed E-state index contributed by atoms with van der Waals surface area (Å²) in [5.41, 5.74) is 0.886. The number of hydrogen-bond acceptors (Lipinski definition) is 4. The second-order valence-electron chi connectivity index (χ2n) is 7.54. The average Bonchev–Trinajstić information content (AvgIpc) is 3.47. The molecular weight excluding hydrogens is 457 g/mol. The van der Waals surface area contributed by atoms with Crippen molar-refractivity contribution in [3.8, 4) is 11.1 Å². The van der Waals surface area contributed by atoms with Gasteiger partial charge in [0.15, 0.2) is 11.3 Å². The van der Waals surface area contributed by atoms with Crippen LogP contribution in [0, 0.1) is 0 Å². The van der Waals surface area contributed by atoms with Crippen LogP contribution in [0.3, 0.4) is 0 Å². The lowest BCUT2D eigenvalue weighted by Gasteiger charge is -2.25. The fraction of sp³-hybridized carbons (Fsp3) is 0.174. The highest BCUT2D eigenvalue weighted by molar-refractivity contribution is 6.33. The van der Waals surface area contributed by atoms with Crippen LogP contribution in [0.25, 0.3) is 22.3 Å². The molecule has 1 aliphatic heterocycles. The van der Waals surface area contributed by atoms with Crippen molar-refractivity contribution in [1.29, 1.82) is 0 Å². The number of aromatic nitrogens is 3. The quantitative estimate of drug-likeness (QED) is 0.390. The van der Waals surface area contributed by atoms with E-state index in [1.54, 1.807) is 6.20 Å². The van der Waals surface area contributed by atoms with Crippen LogP contribution in [-0.4, -0.2) is 38.3 Å². The predicted molar refractivity (Wildman–Crippen MR) is 116 cm³/mol. The first-order valence-corrected chi connectivity index (χ1v) is 10.4. The Kier molecular flexibility index (Phi) is 5.20. The van der Waals surface area contributed by atoms with E-state index in [9.17, 15) is 18.0 Å². The minimum Gasteiger partial charge on any atom is -0.472 e. The van der Waals surface area contributed by atoms with Gasteiger partial charge in [-0.05, 0) is 36.3 Å². The summed E-state index contributed by atoms with van der Waals surface area (Å²) < 4.78 is 47.5. The van der Waals surface area contributed by atoms with Crippen LogP contribution in [0.4, 0.5) is 13.2 Å². The molecule has 0 bridgehead atoms. The number of carbonyl (C=O) groups excluding carboxylic acids is 1. The van der Waals surface area contributed by atoms with E-state index in [0.717, 1.165) is 21.7 Å². The normalized spacial score (nSPS) is 14.5. The zero-order chi connectivity index (χ0) is 23.2. The highest BCUT2D eigenvalue weighted by Crippen LogP contribution is 2.37. The first-order chi connectivity index (χ1) is 15.8. The Labute approximate surface area is 190 Å².